The number of nitrogens with one attached hydrogen (secondary N) is 1. The van der Waals surface area contributed by atoms with E-state index in [9.17, 15) is 0 Å². The minimum absolute atomic E-state index is 0.562. The smallest absolute Gasteiger partial charge is 0.139 e. The maximum Gasteiger partial charge on any atom is 0.139 e. The standard InChI is InChI=1S/C13H14BrN3/c1-7-2-5-11-12(7)17-13(16-11)9-4-3-8(14)6-10(9)15/h3-4,6-7H,2,5,15H2,1H3,(H,16,17). The van der Waals surface area contributed by atoms with Crippen LogP contribution in [0, 0.1) is 0 Å². The lowest BCUT2D eigenvalue weighted by Crippen LogP contribution is -1.93. The fourth-order valence-electron chi connectivity index (χ4n) is 2.40. The van der Waals surface area contributed by atoms with Gasteiger partial charge in [0.05, 0.1) is 5.69 Å². The van der Waals surface area contributed by atoms with E-state index in [2.05, 4.69) is 32.8 Å². The van der Waals surface area contributed by atoms with Gasteiger partial charge in [0.2, 0.25) is 0 Å². The predicted molar refractivity (Wildman–Crippen MR) is 72.9 cm³/mol. The number of imidazole rings is 1. The lowest BCUT2D eigenvalue weighted by atomic mass is 10.1. The number of rotatable bonds is 1. The van der Waals surface area contributed by atoms with Crippen LogP contribution in [0.25, 0.3) is 11.4 Å². The highest BCUT2D eigenvalue weighted by molar-refractivity contribution is 9.10. The molecule has 0 bridgehead atoms. The summed E-state index contributed by atoms with van der Waals surface area (Å²) in [6.07, 6.45) is 2.30. The molecule has 1 aliphatic carbocycles. The molecule has 88 valence electrons. The first-order chi connectivity index (χ1) is 8.15. The minimum atomic E-state index is 0.562. The fourth-order valence-corrected chi connectivity index (χ4v) is 2.77. The summed E-state index contributed by atoms with van der Waals surface area (Å²) in [6.45, 7) is 2.22. The van der Waals surface area contributed by atoms with Gasteiger partial charge in [-0.25, -0.2) is 4.98 Å². The van der Waals surface area contributed by atoms with Crippen LogP contribution in [0.1, 0.15) is 30.7 Å². The fraction of sp³-hybridized carbons (Fsp3) is 0.308. The number of aryl methyl sites for hydroxylation is 1. The van der Waals surface area contributed by atoms with Crippen molar-refractivity contribution >= 4 is 21.6 Å². The van der Waals surface area contributed by atoms with E-state index in [1.54, 1.807) is 0 Å². The molecular formula is C13H14BrN3. The molecule has 0 saturated heterocycles. The Balaban J connectivity index is 2.07. The molecule has 0 saturated carbocycles. The third-order valence-electron chi connectivity index (χ3n) is 3.37. The molecule has 4 heteroatoms. The van der Waals surface area contributed by atoms with Crippen LogP contribution in [0.5, 0.6) is 0 Å². The molecule has 0 spiro atoms. The molecule has 3 nitrogen and oxygen atoms in total. The Bertz CT molecular complexity index is 574. The van der Waals surface area contributed by atoms with Crippen molar-refractivity contribution in [3.8, 4) is 11.4 Å². The van der Waals surface area contributed by atoms with Gasteiger partial charge in [-0.15, -0.1) is 0 Å². The Kier molecular flexibility index (Phi) is 2.47. The average molecular weight is 292 g/mol. The van der Waals surface area contributed by atoms with Gasteiger partial charge in [0, 0.05) is 27.3 Å². The van der Waals surface area contributed by atoms with Crippen molar-refractivity contribution in [3.63, 3.8) is 0 Å². The largest absolute Gasteiger partial charge is 0.398 e. The number of nitrogens with two attached hydrogens (primary N) is 1. The van der Waals surface area contributed by atoms with E-state index in [0.29, 0.717) is 5.92 Å². The van der Waals surface area contributed by atoms with Crippen molar-refractivity contribution in [3.05, 3.63) is 34.1 Å². The molecule has 0 amide bonds. The minimum Gasteiger partial charge on any atom is -0.398 e. The first kappa shape index (κ1) is 10.8. The molecule has 1 aromatic heterocycles. The third-order valence-corrected chi connectivity index (χ3v) is 3.87. The van der Waals surface area contributed by atoms with E-state index in [4.69, 9.17) is 5.73 Å². The Morgan fingerprint density at radius 1 is 1.47 bits per heavy atom. The van der Waals surface area contributed by atoms with Gasteiger partial charge in [0.1, 0.15) is 5.82 Å². The van der Waals surface area contributed by atoms with Gasteiger partial charge < -0.3 is 10.7 Å². The summed E-state index contributed by atoms with van der Waals surface area (Å²) in [6, 6.07) is 5.90. The van der Waals surface area contributed by atoms with Crippen LogP contribution in [0.15, 0.2) is 22.7 Å². The number of fused-ring (bicyclic) bond motifs is 1. The molecule has 1 aromatic carbocycles. The van der Waals surface area contributed by atoms with Crippen LogP contribution < -0.4 is 5.73 Å². The molecule has 0 radical (unpaired) electrons. The Labute approximate surface area is 109 Å². The van der Waals surface area contributed by atoms with Gasteiger partial charge >= 0.3 is 0 Å². The molecule has 1 heterocycles. The Morgan fingerprint density at radius 3 is 3.00 bits per heavy atom. The molecule has 2 aromatic rings. The summed E-state index contributed by atoms with van der Waals surface area (Å²) in [5.41, 5.74) is 10.2. The third kappa shape index (κ3) is 1.76. The van der Waals surface area contributed by atoms with Crippen molar-refractivity contribution in [2.45, 2.75) is 25.7 Å². The highest BCUT2D eigenvalue weighted by atomic mass is 79.9. The molecule has 3 N–H and O–H groups in total. The quantitative estimate of drug-likeness (QED) is 0.791. The number of benzene rings is 1. The van der Waals surface area contributed by atoms with Crippen LogP contribution >= 0.6 is 15.9 Å². The number of nitrogens with zero attached hydrogens (tertiary/aromatic N) is 1. The zero-order chi connectivity index (χ0) is 12.0. The topological polar surface area (TPSA) is 54.7 Å². The summed E-state index contributed by atoms with van der Waals surface area (Å²) in [5.74, 6) is 1.46. The summed E-state index contributed by atoms with van der Waals surface area (Å²) in [7, 11) is 0. The summed E-state index contributed by atoms with van der Waals surface area (Å²) in [5, 5.41) is 0. The number of aromatic nitrogens is 2. The molecule has 17 heavy (non-hydrogen) atoms. The molecule has 1 aliphatic rings. The molecule has 0 fully saturated rings. The predicted octanol–water partition coefficient (Wildman–Crippen LogP) is 3.47. The van der Waals surface area contributed by atoms with Gasteiger partial charge in [0.25, 0.3) is 0 Å². The normalized spacial score (nSPS) is 18.4. The summed E-state index contributed by atoms with van der Waals surface area (Å²) >= 11 is 3.41. The number of anilines is 1. The monoisotopic (exact) mass is 291 g/mol. The zero-order valence-electron chi connectivity index (χ0n) is 9.63. The maximum absolute atomic E-state index is 6.02. The van der Waals surface area contributed by atoms with Gasteiger partial charge in [0.15, 0.2) is 0 Å². The van der Waals surface area contributed by atoms with E-state index < -0.39 is 0 Å². The molecular weight excluding hydrogens is 278 g/mol. The second-order valence-corrected chi connectivity index (χ2v) is 5.54. The number of halogens is 1. The number of hydrogen-bond donors (Lipinski definition) is 2. The first-order valence-corrected chi connectivity index (χ1v) is 6.58. The Hall–Kier alpha value is -1.29. The molecule has 3 rings (SSSR count). The van der Waals surface area contributed by atoms with E-state index in [-0.39, 0.29) is 0 Å². The number of aromatic amines is 1. The second kappa shape index (κ2) is 3.88. The lowest BCUT2D eigenvalue weighted by Gasteiger charge is -2.04. The van der Waals surface area contributed by atoms with Gasteiger partial charge in [-0.2, -0.15) is 0 Å². The summed E-state index contributed by atoms with van der Waals surface area (Å²) < 4.78 is 0.992. The van der Waals surface area contributed by atoms with Gasteiger partial charge in [-0.05, 0) is 31.0 Å². The van der Waals surface area contributed by atoms with Crippen molar-refractivity contribution in [1.82, 2.24) is 9.97 Å². The highest BCUT2D eigenvalue weighted by Crippen LogP contribution is 2.34. The van der Waals surface area contributed by atoms with Gasteiger partial charge in [-0.1, -0.05) is 22.9 Å². The van der Waals surface area contributed by atoms with E-state index in [0.717, 1.165) is 28.0 Å². The van der Waals surface area contributed by atoms with Crippen molar-refractivity contribution in [2.24, 2.45) is 0 Å². The SMILES string of the molecule is CC1CCc2[nH]c(-c3ccc(Br)cc3N)nc21. The molecule has 1 unspecified atom stereocenters. The number of hydrogen-bond acceptors (Lipinski definition) is 2. The number of nitrogen functional groups attached to an aromatic ring is 1. The number of H-pyrrole nitrogens is 1. The first-order valence-electron chi connectivity index (χ1n) is 5.79. The van der Waals surface area contributed by atoms with Crippen molar-refractivity contribution in [1.29, 1.82) is 0 Å². The molecule has 1 atom stereocenters. The van der Waals surface area contributed by atoms with Crippen LogP contribution in [0.2, 0.25) is 0 Å². The summed E-state index contributed by atoms with van der Waals surface area (Å²) in [4.78, 5) is 8.08. The van der Waals surface area contributed by atoms with Crippen molar-refractivity contribution < 1.29 is 0 Å². The van der Waals surface area contributed by atoms with Crippen LogP contribution in [-0.2, 0) is 6.42 Å². The highest BCUT2D eigenvalue weighted by Gasteiger charge is 2.23. The van der Waals surface area contributed by atoms with Crippen LogP contribution in [0.4, 0.5) is 5.69 Å². The van der Waals surface area contributed by atoms with Crippen LogP contribution in [-0.4, -0.2) is 9.97 Å². The van der Waals surface area contributed by atoms with Gasteiger partial charge in [-0.3, -0.25) is 0 Å². The molecule has 0 aliphatic heterocycles. The van der Waals surface area contributed by atoms with E-state index >= 15 is 0 Å². The maximum atomic E-state index is 6.02. The average Bonchev–Trinajstić information content (AvgIpc) is 2.81. The zero-order valence-corrected chi connectivity index (χ0v) is 11.2. The van der Waals surface area contributed by atoms with E-state index in [1.165, 1.54) is 17.8 Å². The second-order valence-electron chi connectivity index (χ2n) is 4.62. The Morgan fingerprint density at radius 2 is 2.29 bits per heavy atom. The lowest BCUT2D eigenvalue weighted by molar-refractivity contribution is 0.726. The van der Waals surface area contributed by atoms with Crippen LogP contribution in [0.3, 0.4) is 0 Å². The van der Waals surface area contributed by atoms with Crippen molar-refractivity contribution in [2.75, 3.05) is 5.73 Å². The van der Waals surface area contributed by atoms with E-state index in [1.807, 2.05) is 18.2 Å².